The fraction of sp³-hybridized carbons (Fsp3) is 0.111. The van der Waals surface area contributed by atoms with Crippen LogP contribution in [-0.2, 0) is 9.53 Å². The first-order valence-corrected chi connectivity index (χ1v) is 7.30. The highest BCUT2D eigenvalue weighted by Crippen LogP contribution is 2.27. The second-order valence-electron chi connectivity index (χ2n) is 5.12. The number of carbonyl (C=O) groups excluding carboxylic acids is 2. The molecule has 0 unspecified atom stereocenters. The third-order valence-corrected chi connectivity index (χ3v) is 3.42. The molecular formula is C18H13NO6. The molecule has 0 N–H and O–H groups in total. The van der Waals surface area contributed by atoms with Crippen molar-refractivity contribution in [2.24, 2.45) is 0 Å². The molecule has 0 radical (unpaired) electrons. The Labute approximate surface area is 141 Å². The molecule has 0 fully saturated rings. The lowest BCUT2D eigenvalue weighted by molar-refractivity contribution is -0.131. The van der Waals surface area contributed by atoms with Crippen LogP contribution in [0.15, 0.2) is 51.7 Å². The van der Waals surface area contributed by atoms with Crippen molar-refractivity contribution in [3.05, 3.63) is 58.4 Å². The van der Waals surface area contributed by atoms with Crippen molar-refractivity contribution in [2.75, 3.05) is 7.11 Å². The van der Waals surface area contributed by atoms with Crippen molar-refractivity contribution in [1.82, 2.24) is 4.98 Å². The van der Waals surface area contributed by atoms with E-state index < -0.39 is 17.6 Å². The first-order chi connectivity index (χ1) is 12.0. The number of esters is 2. The Kier molecular flexibility index (Phi) is 4.30. The summed E-state index contributed by atoms with van der Waals surface area (Å²) < 4.78 is 14.9. The molecule has 2 aromatic carbocycles. The third kappa shape index (κ3) is 3.25. The summed E-state index contributed by atoms with van der Waals surface area (Å²) in [7, 11) is 1.21. The Hall–Kier alpha value is -3.48. The van der Waals surface area contributed by atoms with E-state index in [9.17, 15) is 14.4 Å². The van der Waals surface area contributed by atoms with Gasteiger partial charge in [-0.05, 0) is 30.3 Å². The number of hydrogen-bond donors (Lipinski definition) is 0. The Morgan fingerprint density at radius 1 is 1.12 bits per heavy atom. The minimum atomic E-state index is -0.693. The molecule has 0 aliphatic heterocycles. The lowest BCUT2D eigenvalue weighted by Gasteiger charge is -2.09. The second kappa shape index (κ2) is 6.56. The Morgan fingerprint density at radius 2 is 1.88 bits per heavy atom. The molecule has 3 rings (SSSR count). The summed E-state index contributed by atoms with van der Waals surface area (Å²) in [6.45, 7) is 1.22. The van der Waals surface area contributed by atoms with E-state index in [0.29, 0.717) is 16.5 Å². The van der Waals surface area contributed by atoms with E-state index in [-0.39, 0.29) is 17.2 Å². The van der Waals surface area contributed by atoms with Crippen molar-refractivity contribution in [1.29, 1.82) is 0 Å². The Morgan fingerprint density at radius 3 is 2.60 bits per heavy atom. The number of hydrogen-bond acceptors (Lipinski definition) is 7. The van der Waals surface area contributed by atoms with Crippen LogP contribution < -0.4 is 10.4 Å². The molecule has 0 saturated carbocycles. The predicted molar refractivity (Wildman–Crippen MR) is 88.4 cm³/mol. The van der Waals surface area contributed by atoms with E-state index in [2.05, 4.69) is 4.98 Å². The molecule has 126 valence electrons. The van der Waals surface area contributed by atoms with Crippen molar-refractivity contribution in [3.8, 4) is 17.2 Å². The third-order valence-electron chi connectivity index (χ3n) is 3.42. The lowest BCUT2D eigenvalue weighted by atomic mass is 10.1. The predicted octanol–water partition coefficient (Wildman–Crippen LogP) is 2.57. The summed E-state index contributed by atoms with van der Waals surface area (Å²) in [4.78, 5) is 39.5. The number of methoxy groups -OCH3 is 1. The van der Waals surface area contributed by atoms with Crippen LogP contribution in [0.25, 0.3) is 22.4 Å². The van der Waals surface area contributed by atoms with Crippen LogP contribution >= 0.6 is 0 Å². The zero-order valence-corrected chi connectivity index (χ0v) is 13.4. The van der Waals surface area contributed by atoms with Gasteiger partial charge in [-0.25, -0.2) is 14.6 Å². The molecule has 0 aliphatic rings. The van der Waals surface area contributed by atoms with Gasteiger partial charge in [0.1, 0.15) is 11.3 Å². The normalized spacial score (nSPS) is 10.5. The zero-order valence-electron chi connectivity index (χ0n) is 13.4. The second-order valence-corrected chi connectivity index (χ2v) is 5.12. The maximum atomic E-state index is 12.1. The van der Waals surface area contributed by atoms with E-state index in [1.165, 1.54) is 32.2 Å². The molecule has 7 nitrogen and oxygen atoms in total. The van der Waals surface area contributed by atoms with Gasteiger partial charge in [0.15, 0.2) is 0 Å². The largest absolute Gasteiger partial charge is 0.465 e. The summed E-state index contributed by atoms with van der Waals surface area (Å²) in [6, 6.07) is 11.1. The number of benzene rings is 2. The number of carbonyl (C=O) groups is 2. The molecule has 0 spiro atoms. The molecule has 0 amide bonds. The average Bonchev–Trinajstić information content (AvgIpc) is 2.61. The van der Waals surface area contributed by atoms with Gasteiger partial charge >= 0.3 is 17.6 Å². The van der Waals surface area contributed by atoms with E-state index in [4.69, 9.17) is 13.9 Å². The molecule has 0 aliphatic carbocycles. The Bertz CT molecular complexity index is 1040. The van der Waals surface area contributed by atoms with E-state index in [0.717, 1.165) is 0 Å². The van der Waals surface area contributed by atoms with Crippen LogP contribution in [0.4, 0.5) is 0 Å². The summed E-state index contributed by atoms with van der Waals surface area (Å²) >= 11 is 0. The van der Waals surface area contributed by atoms with Crippen molar-refractivity contribution >= 4 is 22.8 Å². The maximum absolute atomic E-state index is 12.1. The van der Waals surface area contributed by atoms with Crippen LogP contribution in [0.5, 0.6) is 5.75 Å². The van der Waals surface area contributed by atoms with Gasteiger partial charge in [-0.1, -0.05) is 12.1 Å². The summed E-state index contributed by atoms with van der Waals surface area (Å²) in [6.07, 6.45) is 0. The quantitative estimate of drug-likeness (QED) is 0.534. The van der Waals surface area contributed by atoms with Crippen molar-refractivity contribution in [2.45, 2.75) is 6.92 Å². The van der Waals surface area contributed by atoms with E-state index in [1.807, 2.05) is 0 Å². The van der Waals surface area contributed by atoms with Gasteiger partial charge in [0.05, 0.1) is 18.0 Å². The number of rotatable bonds is 3. The summed E-state index contributed by atoms with van der Waals surface area (Å²) in [5.74, 6) is -1.18. The maximum Gasteiger partial charge on any atom is 0.347 e. The zero-order chi connectivity index (χ0) is 18.0. The Balaban J connectivity index is 2.16. The standard InChI is InChI=1S/C18H13NO6/c1-10(20)24-15-8-7-11(9-13(15)17(21)23-2)16-19-14-6-4-3-5-12(14)18(22)25-16/h3-9H,1-2H3. The topological polar surface area (TPSA) is 95.7 Å². The molecule has 0 bridgehead atoms. The number of nitrogens with zero attached hydrogens (tertiary/aromatic N) is 1. The molecule has 3 aromatic rings. The molecule has 0 atom stereocenters. The van der Waals surface area contributed by atoms with Crippen molar-refractivity contribution < 1.29 is 23.5 Å². The monoisotopic (exact) mass is 339 g/mol. The van der Waals surface area contributed by atoms with Crippen LogP contribution in [-0.4, -0.2) is 24.0 Å². The van der Waals surface area contributed by atoms with Crippen LogP contribution in [0.3, 0.4) is 0 Å². The average molecular weight is 339 g/mol. The molecule has 1 aromatic heterocycles. The lowest BCUT2D eigenvalue weighted by Crippen LogP contribution is -2.09. The van der Waals surface area contributed by atoms with Crippen LogP contribution in [0, 0.1) is 0 Å². The van der Waals surface area contributed by atoms with E-state index in [1.54, 1.807) is 24.3 Å². The first-order valence-electron chi connectivity index (χ1n) is 7.30. The van der Waals surface area contributed by atoms with Crippen molar-refractivity contribution in [3.63, 3.8) is 0 Å². The molecule has 1 heterocycles. The highest BCUT2D eigenvalue weighted by molar-refractivity contribution is 5.94. The van der Waals surface area contributed by atoms with Crippen LogP contribution in [0.1, 0.15) is 17.3 Å². The fourth-order valence-corrected chi connectivity index (χ4v) is 2.32. The van der Waals surface area contributed by atoms with E-state index >= 15 is 0 Å². The number of fused-ring (bicyclic) bond motifs is 1. The number of ether oxygens (including phenoxy) is 2. The highest BCUT2D eigenvalue weighted by Gasteiger charge is 2.18. The molecular weight excluding hydrogens is 326 g/mol. The minimum Gasteiger partial charge on any atom is -0.465 e. The highest BCUT2D eigenvalue weighted by atomic mass is 16.5. The van der Waals surface area contributed by atoms with Gasteiger partial charge in [-0.3, -0.25) is 4.79 Å². The van der Waals surface area contributed by atoms with Gasteiger partial charge in [-0.2, -0.15) is 0 Å². The smallest absolute Gasteiger partial charge is 0.347 e. The minimum absolute atomic E-state index is 0.0211. The summed E-state index contributed by atoms with van der Waals surface area (Å²) in [5, 5.41) is 0.357. The van der Waals surface area contributed by atoms with Gasteiger partial charge in [-0.15, -0.1) is 0 Å². The number of para-hydroxylation sites is 1. The number of aromatic nitrogens is 1. The fourth-order valence-electron chi connectivity index (χ4n) is 2.32. The summed E-state index contributed by atoms with van der Waals surface area (Å²) in [5.41, 5.74) is 0.327. The molecule has 25 heavy (non-hydrogen) atoms. The van der Waals surface area contributed by atoms with Gasteiger partial charge in [0.25, 0.3) is 0 Å². The first kappa shape index (κ1) is 16.4. The van der Waals surface area contributed by atoms with Crippen LogP contribution in [0.2, 0.25) is 0 Å². The SMILES string of the molecule is COC(=O)c1cc(-c2nc3ccccc3c(=O)o2)ccc1OC(C)=O. The van der Waals surface area contributed by atoms with Gasteiger partial charge < -0.3 is 13.9 Å². The molecule has 0 saturated heterocycles. The molecule has 7 heteroatoms. The van der Waals surface area contributed by atoms with Gasteiger partial charge in [0, 0.05) is 12.5 Å². The van der Waals surface area contributed by atoms with Gasteiger partial charge in [0.2, 0.25) is 5.89 Å².